The number of ether oxygens (including phenoxy) is 2. The zero-order valence-electron chi connectivity index (χ0n) is 22.6. The molecule has 3 aromatic rings. The van der Waals surface area contributed by atoms with Gasteiger partial charge in [-0.3, -0.25) is 13.9 Å². The molecule has 0 fully saturated rings. The van der Waals surface area contributed by atoms with E-state index < -0.39 is 28.5 Å². The topological polar surface area (TPSA) is 105 Å². The predicted octanol–water partition coefficient (Wildman–Crippen LogP) is 4.76. The molecule has 0 aliphatic carbocycles. The number of methoxy groups -OCH3 is 2. The molecular formula is C28H31Cl2N3O6S. The Labute approximate surface area is 244 Å². The van der Waals surface area contributed by atoms with E-state index in [1.165, 1.54) is 61.6 Å². The maximum absolute atomic E-state index is 14.0. The highest BCUT2D eigenvalue weighted by Gasteiger charge is 2.33. The largest absolute Gasteiger partial charge is 0.493 e. The van der Waals surface area contributed by atoms with E-state index in [0.717, 1.165) is 9.87 Å². The molecule has 1 N–H and O–H groups in total. The third kappa shape index (κ3) is 7.38. The average molecular weight is 609 g/mol. The van der Waals surface area contributed by atoms with Crippen molar-refractivity contribution < 1.29 is 27.5 Å². The van der Waals surface area contributed by atoms with E-state index in [9.17, 15) is 18.0 Å². The molecule has 12 heteroatoms. The molecule has 0 saturated carbocycles. The standard InChI is InChI=1S/C28H31Cl2N3O6S/c1-5-31-28(35)19(2)32(17-20-6-8-21(29)9-7-20)27(34)18-33(23-12-10-22(30)11-13-23)40(36,37)24-14-15-25(38-3)26(16-24)39-4/h6-16,19H,5,17-18H2,1-4H3,(H,31,35)/t19-/m0/s1. The number of hydrogen-bond donors (Lipinski definition) is 1. The van der Waals surface area contributed by atoms with Gasteiger partial charge in [-0.25, -0.2) is 8.42 Å². The van der Waals surface area contributed by atoms with E-state index in [1.807, 2.05) is 0 Å². The number of rotatable bonds is 12. The molecule has 1 atom stereocenters. The predicted molar refractivity (Wildman–Crippen MR) is 156 cm³/mol. The van der Waals surface area contributed by atoms with E-state index in [2.05, 4.69) is 5.32 Å². The molecule has 0 heterocycles. The van der Waals surface area contributed by atoms with E-state index in [4.69, 9.17) is 32.7 Å². The lowest BCUT2D eigenvalue weighted by Crippen LogP contribution is -2.51. The first-order valence-electron chi connectivity index (χ1n) is 12.3. The van der Waals surface area contributed by atoms with E-state index in [-0.39, 0.29) is 28.8 Å². The van der Waals surface area contributed by atoms with Crippen molar-refractivity contribution in [1.29, 1.82) is 0 Å². The number of halogens is 2. The fraction of sp³-hybridized carbons (Fsp3) is 0.286. The summed E-state index contributed by atoms with van der Waals surface area (Å²) >= 11 is 12.1. The molecule has 0 aromatic heterocycles. The SMILES string of the molecule is CCNC(=O)[C@H](C)N(Cc1ccc(Cl)cc1)C(=O)CN(c1ccc(Cl)cc1)S(=O)(=O)c1ccc(OC)c(OC)c1. The molecule has 40 heavy (non-hydrogen) atoms. The minimum atomic E-state index is -4.30. The highest BCUT2D eigenvalue weighted by atomic mass is 35.5. The Morgan fingerprint density at radius 1 is 0.900 bits per heavy atom. The Kier molecular flexibility index (Phi) is 10.7. The summed E-state index contributed by atoms with van der Waals surface area (Å²) in [5, 5.41) is 3.64. The van der Waals surface area contributed by atoms with Crippen LogP contribution in [0.25, 0.3) is 0 Å². The Balaban J connectivity index is 2.06. The summed E-state index contributed by atoms with van der Waals surface area (Å²) in [6.45, 7) is 3.20. The van der Waals surface area contributed by atoms with E-state index in [0.29, 0.717) is 22.3 Å². The van der Waals surface area contributed by atoms with Crippen molar-refractivity contribution in [3.63, 3.8) is 0 Å². The number of hydrogen-bond acceptors (Lipinski definition) is 6. The minimum Gasteiger partial charge on any atom is -0.493 e. The number of anilines is 1. The van der Waals surface area contributed by atoms with Gasteiger partial charge in [0, 0.05) is 29.2 Å². The Hall–Kier alpha value is -3.47. The summed E-state index contributed by atoms with van der Waals surface area (Å²) in [6.07, 6.45) is 0. The van der Waals surface area contributed by atoms with Crippen molar-refractivity contribution >= 4 is 50.7 Å². The summed E-state index contributed by atoms with van der Waals surface area (Å²) < 4.78 is 39.5. The number of nitrogens with one attached hydrogen (secondary N) is 1. The molecule has 0 unspecified atom stereocenters. The van der Waals surface area contributed by atoms with Crippen LogP contribution in [0.4, 0.5) is 5.69 Å². The number of carbonyl (C=O) groups excluding carboxylic acids is 2. The van der Waals surface area contributed by atoms with E-state index >= 15 is 0 Å². The van der Waals surface area contributed by atoms with Gasteiger partial charge in [0.15, 0.2) is 11.5 Å². The van der Waals surface area contributed by atoms with Gasteiger partial charge in [-0.05, 0) is 67.9 Å². The maximum atomic E-state index is 14.0. The second-order valence-corrected chi connectivity index (χ2v) is 11.5. The van der Waals surface area contributed by atoms with Crippen molar-refractivity contribution in [3.05, 3.63) is 82.3 Å². The first-order chi connectivity index (χ1) is 19.0. The maximum Gasteiger partial charge on any atom is 0.264 e. The van der Waals surface area contributed by atoms with Gasteiger partial charge < -0.3 is 19.7 Å². The summed E-state index contributed by atoms with van der Waals surface area (Å²) in [6, 6.07) is 16.2. The number of nitrogens with zero attached hydrogens (tertiary/aromatic N) is 2. The third-order valence-electron chi connectivity index (χ3n) is 6.12. The van der Waals surface area contributed by atoms with Crippen LogP contribution in [0.3, 0.4) is 0 Å². The van der Waals surface area contributed by atoms with Crippen molar-refractivity contribution in [1.82, 2.24) is 10.2 Å². The quantitative estimate of drug-likeness (QED) is 0.318. The van der Waals surface area contributed by atoms with Crippen molar-refractivity contribution in [2.24, 2.45) is 0 Å². The van der Waals surface area contributed by atoms with Crippen LogP contribution >= 0.6 is 23.2 Å². The number of amides is 2. The Bertz CT molecular complexity index is 1430. The monoisotopic (exact) mass is 607 g/mol. The lowest BCUT2D eigenvalue weighted by molar-refractivity contribution is -0.139. The number of carbonyl (C=O) groups is 2. The molecule has 3 aromatic carbocycles. The van der Waals surface area contributed by atoms with Gasteiger partial charge in [-0.1, -0.05) is 35.3 Å². The molecule has 0 radical (unpaired) electrons. The molecule has 0 saturated heterocycles. The molecule has 2 amide bonds. The first kappa shape index (κ1) is 31.1. The average Bonchev–Trinajstić information content (AvgIpc) is 2.95. The molecule has 3 rings (SSSR count). The summed E-state index contributed by atoms with van der Waals surface area (Å²) in [5.74, 6) is -0.404. The van der Waals surface area contributed by atoms with Crippen molar-refractivity contribution in [3.8, 4) is 11.5 Å². The van der Waals surface area contributed by atoms with Crippen molar-refractivity contribution in [2.75, 3.05) is 31.6 Å². The van der Waals surface area contributed by atoms with Crippen molar-refractivity contribution in [2.45, 2.75) is 31.3 Å². The van der Waals surface area contributed by atoms with Crippen LogP contribution in [0.2, 0.25) is 10.0 Å². The fourth-order valence-corrected chi connectivity index (χ4v) is 5.61. The van der Waals surface area contributed by atoms with Crippen LogP contribution in [-0.4, -0.2) is 58.5 Å². The second-order valence-electron chi connectivity index (χ2n) is 8.72. The van der Waals surface area contributed by atoms with Crippen LogP contribution in [0, 0.1) is 0 Å². The Morgan fingerprint density at radius 3 is 2.02 bits per heavy atom. The summed E-state index contributed by atoms with van der Waals surface area (Å²) in [4.78, 5) is 27.9. The summed E-state index contributed by atoms with van der Waals surface area (Å²) in [5.41, 5.74) is 0.930. The molecule has 0 aliphatic heterocycles. The molecular weight excluding hydrogens is 577 g/mol. The van der Waals surface area contributed by atoms with Gasteiger partial charge in [-0.15, -0.1) is 0 Å². The summed E-state index contributed by atoms with van der Waals surface area (Å²) in [7, 11) is -1.46. The number of benzene rings is 3. The highest BCUT2D eigenvalue weighted by Crippen LogP contribution is 2.32. The van der Waals surface area contributed by atoms with E-state index in [1.54, 1.807) is 38.1 Å². The third-order valence-corrected chi connectivity index (χ3v) is 8.39. The van der Waals surface area contributed by atoms with Gasteiger partial charge in [0.25, 0.3) is 10.0 Å². The van der Waals surface area contributed by atoms with Gasteiger partial charge >= 0.3 is 0 Å². The van der Waals surface area contributed by atoms with Crippen LogP contribution < -0.4 is 19.1 Å². The smallest absolute Gasteiger partial charge is 0.264 e. The Morgan fingerprint density at radius 2 is 1.48 bits per heavy atom. The normalized spacial score (nSPS) is 11.8. The lowest BCUT2D eigenvalue weighted by Gasteiger charge is -2.32. The number of likely N-dealkylation sites (N-methyl/N-ethyl adjacent to an activating group) is 1. The van der Waals surface area contributed by atoms with Crippen LogP contribution in [0.15, 0.2) is 71.6 Å². The molecule has 0 aliphatic rings. The first-order valence-corrected chi connectivity index (χ1v) is 14.5. The van der Waals surface area contributed by atoms with Gasteiger partial charge in [0.1, 0.15) is 12.6 Å². The lowest BCUT2D eigenvalue weighted by atomic mass is 10.1. The second kappa shape index (κ2) is 13.7. The fourth-order valence-electron chi connectivity index (χ4n) is 3.93. The molecule has 0 spiro atoms. The zero-order chi connectivity index (χ0) is 29.4. The number of sulfonamides is 1. The van der Waals surface area contributed by atoms with Crippen LogP contribution in [0.5, 0.6) is 11.5 Å². The zero-order valence-corrected chi connectivity index (χ0v) is 24.9. The molecule has 0 bridgehead atoms. The van der Waals surface area contributed by atoms with Gasteiger partial charge in [0.05, 0.1) is 24.8 Å². The molecule has 214 valence electrons. The van der Waals surface area contributed by atoms with Gasteiger partial charge in [-0.2, -0.15) is 0 Å². The highest BCUT2D eigenvalue weighted by molar-refractivity contribution is 7.92. The van der Waals surface area contributed by atoms with Crippen LogP contribution in [-0.2, 0) is 26.2 Å². The molecule has 9 nitrogen and oxygen atoms in total. The van der Waals surface area contributed by atoms with Crippen LogP contribution in [0.1, 0.15) is 19.4 Å². The van der Waals surface area contributed by atoms with Gasteiger partial charge in [0.2, 0.25) is 11.8 Å². The minimum absolute atomic E-state index is 0.0547.